The number of carboxylic acid groups (broad SMARTS) is 1. The Hall–Kier alpha value is -3.26. The molecule has 186 valence electrons. The fourth-order valence-corrected chi connectivity index (χ4v) is 5.44. The molecule has 2 amide bonds. The van der Waals surface area contributed by atoms with Crippen molar-refractivity contribution in [1.82, 2.24) is 29.7 Å². The van der Waals surface area contributed by atoms with Crippen molar-refractivity contribution in [3.63, 3.8) is 0 Å². The van der Waals surface area contributed by atoms with E-state index in [1.54, 1.807) is 4.90 Å². The summed E-state index contributed by atoms with van der Waals surface area (Å²) in [6, 6.07) is 2.51. The molecule has 4 rings (SSSR count). The molecule has 3 heterocycles. The average Bonchev–Trinajstić information content (AvgIpc) is 3.18. The third kappa shape index (κ3) is 5.70. The Bertz CT molecular complexity index is 1260. The molecule has 1 saturated heterocycles. The number of aromatic hydroxyl groups is 2. The van der Waals surface area contributed by atoms with Gasteiger partial charge in [-0.15, -0.1) is 0 Å². The van der Waals surface area contributed by atoms with E-state index in [-0.39, 0.29) is 23.3 Å². The number of fused-ring (bicyclic) bond motifs is 1. The van der Waals surface area contributed by atoms with Gasteiger partial charge in [0.2, 0.25) is 0 Å². The number of aliphatic carboxylic acids is 1. The van der Waals surface area contributed by atoms with Crippen LogP contribution in [0.4, 0.5) is 10.6 Å². The van der Waals surface area contributed by atoms with Crippen molar-refractivity contribution < 1.29 is 24.9 Å². The standard InChI is InChI=1S/C21H24BrN7O5S/c22-12-7-13(30)14(31)8-15(12)35-21-27-17-18(23)25-10-26-19(17)29(21)6-3-11-1-4-28(5-2-11)20(34)24-9-16(32)33/h7-8,10-11,30-31H,1-6,9H2,(H,24,34)(H,32,33)(H2,23,25,26). The molecule has 0 radical (unpaired) electrons. The topological polar surface area (TPSA) is 180 Å². The molecular weight excluding hydrogens is 542 g/mol. The number of carbonyl (C=O) groups excluding carboxylic acids is 1. The van der Waals surface area contributed by atoms with Gasteiger partial charge in [-0.25, -0.2) is 19.7 Å². The number of benzene rings is 1. The van der Waals surface area contributed by atoms with Crippen molar-refractivity contribution in [3.8, 4) is 11.5 Å². The number of aromatic nitrogens is 4. The summed E-state index contributed by atoms with van der Waals surface area (Å²) >= 11 is 4.71. The molecule has 0 aliphatic carbocycles. The molecule has 0 spiro atoms. The molecule has 2 aromatic heterocycles. The minimum Gasteiger partial charge on any atom is -0.504 e. The Morgan fingerprint density at radius 1 is 1.20 bits per heavy atom. The number of imidazole rings is 1. The molecule has 35 heavy (non-hydrogen) atoms. The quantitative estimate of drug-likeness (QED) is 0.267. The van der Waals surface area contributed by atoms with E-state index in [1.165, 1.54) is 30.2 Å². The maximum atomic E-state index is 12.1. The molecule has 0 saturated carbocycles. The summed E-state index contributed by atoms with van der Waals surface area (Å²) in [5.41, 5.74) is 7.12. The maximum absolute atomic E-state index is 12.1. The second kappa shape index (κ2) is 10.6. The normalized spacial score (nSPS) is 14.4. The first kappa shape index (κ1) is 24.9. The first-order valence-electron chi connectivity index (χ1n) is 10.8. The van der Waals surface area contributed by atoms with Crippen LogP contribution in [0, 0.1) is 5.92 Å². The highest BCUT2D eigenvalue weighted by molar-refractivity contribution is 9.10. The summed E-state index contributed by atoms with van der Waals surface area (Å²) in [4.78, 5) is 38.1. The van der Waals surface area contributed by atoms with Gasteiger partial charge < -0.3 is 35.8 Å². The van der Waals surface area contributed by atoms with Gasteiger partial charge in [0.1, 0.15) is 12.9 Å². The minimum absolute atomic E-state index is 0.229. The second-order valence-corrected chi connectivity index (χ2v) is 9.99. The molecular formula is C21H24BrN7O5S. The van der Waals surface area contributed by atoms with Gasteiger partial charge in [-0.05, 0) is 53.2 Å². The number of urea groups is 1. The zero-order valence-corrected chi connectivity index (χ0v) is 20.9. The number of halogens is 1. The van der Waals surface area contributed by atoms with Gasteiger partial charge in [-0.2, -0.15) is 0 Å². The van der Waals surface area contributed by atoms with Crippen LogP contribution in [0.2, 0.25) is 0 Å². The van der Waals surface area contributed by atoms with Crippen LogP contribution in [0.5, 0.6) is 11.5 Å². The van der Waals surface area contributed by atoms with Crippen LogP contribution in [0.1, 0.15) is 19.3 Å². The van der Waals surface area contributed by atoms with E-state index < -0.39 is 12.5 Å². The van der Waals surface area contributed by atoms with E-state index >= 15 is 0 Å². The van der Waals surface area contributed by atoms with E-state index in [1.807, 2.05) is 4.57 Å². The number of phenolic OH excluding ortho intramolecular Hbond substituents is 2. The molecule has 1 fully saturated rings. The Balaban J connectivity index is 1.48. The summed E-state index contributed by atoms with van der Waals surface area (Å²) < 4.78 is 2.56. The van der Waals surface area contributed by atoms with Gasteiger partial charge >= 0.3 is 12.0 Å². The monoisotopic (exact) mass is 565 g/mol. The van der Waals surface area contributed by atoms with E-state index in [9.17, 15) is 19.8 Å². The lowest BCUT2D eigenvalue weighted by Crippen LogP contribution is -2.45. The number of nitrogens with two attached hydrogens (primary N) is 1. The molecule has 0 unspecified atom stereocenters. The van der Waals surface area contributed by atoms with Crippen molar-refractivity contribution in [2.45, 2.75) is 35.9 Å². The number of amides is 2. The van der Waals surface area contributed by atoms with Crippen LogP contribution in [-0.4, -0.2) is 71.4 Å². The Kier molecular flexibility index (Phi) is 7.50. The summed E-state index contributed by atoms with van der Waals surface area (Å²) in [5, 5.41) is 31.4. The largest absolute Gasteiger partial charge is 0.504 e. The van der Waals surface area contributed by atoms with Crippen LogP contribution < -0.4 is 11.1 Å². The number of hydrogen-bond acceptors (Lipinski definition) is 9. The van der Waals surface area contributed by atoms with Gasteiger partial charge in [0.25, 0.3) is 0 Å². The third-order valence-electron chi connectivity index (χ3n) is 5.81. The number of nitrogen functional groups attached to an aromatic ring is 1. The van der Waals surface area contributed by atoms with Gasteiger partial charge in [-0.3, -0.25) is 4.79 Å². The molecule has 1 aliphatic rings. The molecule has 14 heteroatoms. The molecule has 3 aromatic rings. The van der Waals surface area contributed by atoms with E-state index in [0.29, 0.717) is 51.2 Å². The molecule has 0 bridgehead atoms. The highest BCUT2D eigenvalue weighted by Crippen LogP contribution is 2.40. The molecule has 6 N–H and O–H groups in total. The predicted octanol–water partition coefficient (Wildman–Crippen LogP) is 2.63. The zero-order chi connectivity index (χ0) is 25.1. The highest BCUT2D eigenvalue weighted by Gasteiger charge is 2.24. The van der Waals surface area contributed by atoms with Gasteiger partial charge in [0.15, 0.2) is 33.6 Å². The second-order valence-electron chi connectivity index (χ2n) is 8.12. The fraction of sp³-hybridized carbons (Fsp3) is 0.381. The van der Waals surface area contributed by atoms with Gasteiger partial charge in [0, 0.05) is 29.0 Å². The summed E-state index contributed by atoms with van der Waals surface area (Å²) in [5.74, 6) is -0.917. The maximum Gasteiger partial charge on any atom is 0.323 e. The number of carbonyl (C=O) groups is 2. The number of anilines is 1. The summed E-state index contributed by atoms with van der Waals surface area (Å²) in [6.45, 7) is 1.31. The highest BCUT2D eigenvalue weighted by atomic mass is 79.9. The number of phenols is 2. The third-order valence-corrected chi connectivity index (χ3v) is 7.78. The van der Waals surface area contributed by atoms with Crippen LogP contribution in [0.25, 0.3) is 11.2 Å². The number of nitrogens with one attached hydrogen (secondary N) is 1. The smallest absolute Gasteiger partial charge is 0.323 e. The number of hydrogen-bond donors (Lipinski definition) is 5. The Morgan fingerprint density at radius 3 is 2.63 bits per heavy atom. The number of carboxylic acids is 1. The first-order chi connectivity index (χ1) is 16.7. The summed E-state index contributed by atoms with van der Waals surface area (Å²) in [6.07, 6.45) is 3.80. The van der Waals surface area contributed by atoms with E-state index in [4.69, 9.17) is 10.8 Å². The number of rotatable bonds is 7. The van der Waals surface area contributed by atoms with Crippen molar-refractivity contribution >= 4 is 56.7 Å². The lowest BCUT2D eigenvalue weighted by molar-refractivity contribution is -0.135. The Morgan fingerprint density at radius 2 is 1.91 bits per heavy atom. The minimum atomic E-state index is -1.08. The fourth-order valence-electron chi connectivity index (χ4n) is 3.92. The number of nitrogens with zero attached hydrogens (tertiary/aromatic N) is 5. The summed E-state index contributed by atoms with van der Waals surface area (Å²) in [7, 11) is 0. The van der Waals surface area contributed by atoms with Crippen molar-refractivity contribution in [3.05, 3.63) is 22.9 Å². The van der Waals surface area contributed by atoms with E-state index in [0.717, 1.165) is 19.3 Å². The van der Waals surface area contributed by atoms with Crippen LogP contribution in [-0.2, 0) is 11.3 Å². The Labute approximate surface area is 212 Å². The number of likely N-dealkylation sites (tertiary alicyclic amines) is 1. The SMILES string of the molecule is Nc1ncnc2c1nc(Sc1cc(O)c(O)cc1Br)n2CCC1CCN(C(=O)NCC(=O)O)CC1. The molecule has 0 atom stereocenters. The number of piperidine rings is 1. The molecule has 1 aliphatic heterocycles. The first-order valence-corrected chi connectivity index (χ1v) is 12.4. The van der Waals surface area contributed by atoms with Crippen LogP contribution >= 0.6 is 27.7 Å². The molecule has 12 nitrogen and oxygen atoms in total. The number of aryl methyl sites for hydroxylation is 1. The lowest BCUT2D eigenvalue weighted by atomic mass is 9.93. The van der Waals surface area contributed by atoms with Gasteiger partial charge in [0.05, 0.1) is 0 Å². The van der Waals surface area contributed by atoms with Gasteiger partial charge in [-0.1, -0.05) is 11.8 Å². The molecule has 1 aromatic carbocycles. The average molecular weight is 566 g/mol. The van der Waals surface area contributed by atoms with Crippen molar-refractivity contribution in [2.75, 3.05) is 25.4 Å². The van der Waals surface area contributed by atoms with Crippen molar-refractivity contribution in [2.24, 2.45) is 5.92 Å². The van der Waals surface area contributed by atoms with Crippen LogP contribution in [0.3, 0.4) is 0 Å². The van der Waals surface area contributed by atoms with E-state index in [2.05, 4.69) is 36.2 Å². The predicted molar refractivity (Wildman–Crippen MR) is 131 cm³/mol. The lowest BCUT2D eigenvalue weighted by Gasteiger charge is -2.32. The zero-order valence-electron chi connectivity index (χ0n) is 18.5. The van der Waals surface area contributed by atoms with Crippen LogP contribution in [0.15, 0.2) is 33.0 Å². The van der Waals surface area contributed by atoms with Crippen molar-refractivity contribution in [1.29, 1.82) is 0 Å².